The standard InChI is InChI=1S/C20H20N6OS/c21-17-13-4-2-1-3-12(13)9-15(17)25-20(27)16-10-26(7-8-28-16)19-14-5-6-22-18(14)23-11-24-19/h1-6,10-11,15,17H,7-9,21H2,(H,25,27)(H,22,23,24)/t15-,17-/m1/s1. The first kappa shape index (κ1) is 17.3. The molecular formula is C20H20N6OS. The molecule has 28 heavy (non-hydrogen) atoms. The molecular weight excluding hydrogens is 372 g/mol. The van der Waals surface area contributed by atoms with Crippen LogP contribution in [0.1, 0.15) is 17.2 Å². The molecule has 0 saturated heterocycles. The molecule has 1 aromatic carbocycles. The molecule has 0 radical (unpaired) electrons. The summed E-state index contributed by atoms with van der Waals surface area (Å²) in [6.45, 7) is 0.785. The van der Waals surface area contributed by atoms with Crippen LogP contribution in [0.25, 0.3) is 11.0 Å². The van der Waals surface area contributed by atoms with Crippen molar-refractivity contribution in [3.8, 4) is 0 Å². The van der Waals surface area contributed by atoms with Gasteiger partial charge < -0.3 is 20.9 Å². The Labute approximate surface area is 166 Å². The highest BCUT2D eigenvalue weighted by atomic mass is 32.2. The summed E-state index contributed by atoms with van der Waals surface area (Å²) in [5.74, 6) is 1.54. The molecule has 3 aromatic rings. The van der Waals surface area contributed by atoms with E-state index in [2.05, 4.69) is 26.3 Å². The molecule has 0 unspecified atom stereocenters. The summed E-state index contributed by atoms with van der Waals surface area (Å²) in [5, 5.41) is 4.07. The van der Waals surface area contributed by atoms with E-state index >= 15 is 0 Å². The maximum absolute atomic E-state index is 12.9. The molecule has 7 nitrogen and oxygen atoms in total. The average Bonchev–Trinajstić information content (AvgIpc) is 3.33. The van der Waals surface area contributed by atoms with Gasteiger partial charge in [-0.15, -0.1) is 11.8 Å². The van der Waals surface area contributed by atoms with Crippen molar-refractivity contribution in [1.29, 1.82) is 0 Å². The third-order valence-corrected chi connectivity index (χ3v) is 6.28. The Bertz CT molecular complexity index is 1080. The van der Waals surface area contributed by atoms with Gasteiger partial charge in [0.15, 0.2) is 0 Å². The molecule has 0 saturated carbocycles. The van der Waals surface area contributed by atoms with Gasteiger partial charge >= 0.3 is 0 Å². The Morgan fingerprint density at radius 3 is 3.07 bits per heavy atom. The maximum atomic E-state index is 12.9. The number of nitrogens with zero attached hydrogens (tertiary/aromatic N) is 3. The lowest BCUT2D eigenvalue weighted by atomic mass is 10.1. The number of anilines is 1. The molecule has 3 heterocycles. The van der Waals surface area contributed by atoms with E-state index in [0.717, 1.165) is 41.1 Å². The van der Waals surface area contributed by atoms with Crippen LogP contribution in [0.15, 0.2) is 54.0 Å². The maximum Gasteiger partial charge on any atom is 0.259 e. The molecule has 8 heteroatoms. The summed E-state index contributed by atoms with van der Waals surface area (Å²) in [6, 6.07) is 9.81. The highest BCUT2D eigenvalue weighted by Crippen LogP contribution is 2.32. The minimum atomic E-state index is -0.174. The molecule has 1 aliphatic carbocycles. The van der Waals surface area contributed by atoms with Crippen LogP contribution in [0.5, 0.6) is 0 Å². The zero-order valence-electron chi connectivity index (χ0n) is 15.1. The summed E-state index contributed by atoms with van der Waals surface area (Å²) in [7, 11) is 0. The first-order valence-electron chi connectivity index (χ1n) is 9.24. The van der Waals surface area contributed by atoms with Crippen LogP contribution in [-0.4, -0.2) is 39.2 Å². The smallest absolute Gasteiger partial charge is 0.259 e. The Hall–Kier alpha value is -2.84. The lowest BCUT2D eigenvalue weighted by molar-refractivity contribution is -0.117. The number of carbonyl (C=O) groups excluding carboxylic acids is 1. The number of nitrogens with two attached hydrogens (primary N) is 1. The van der Waals surface area contributed by atoms with Gasteiger partial charge in [-0.2, -0.15) is 0 Å². The molecule has 5 rings (SSSR count). The summed E-state index contributed by atoms with van der Waals surface area (Å²) in [6.07, 6.45) is 6.03. The number of carbonyl (C=O) groups is 1. The van der Waals surface area contributed by atoms with Crippen molar-refractivity contribution >= 4 is 34.5 Å². The highest BCUT2D eigenvalue weighted by molar-refractivity contribution is 8.04. The summed E-state index contributed by atoms with van der Waals surface area (Å²) >= 11 is 1.56. The number of hydrogen-bond acceptors (Lipinski definition) is 6. The van der Waals surface area contributed by atoms with Crippen molar-refractivity contribution in [3.05, 3.63) is 65.1 Å². The van der Waals surface area contributed by atoms with Gasteiger partial charge in [-0.05, 0) is 23.6 Å². The van der Waals surface area contributed by atoms with Crippen molar-refractivity contribution in [1.82, 2.24) is 20.3 Å². The molecule has 0 spiro atoms. The molecule has 4 N–H and O–H groups in total. The predicted molar refractivity (Wildman–Crippen MR) is 111 cm³/mol. The molecule has 1 aliphatic heterocycles. The van der Waals surface area contributed by atoms with Crippen LogP contribution >= 0.6 is 11.8 Å². The third-order valence-electron chi connectivity index (χ3n) is 5.30. The highest BCUT2D eigenvalue weighted by Gasteiger charge is 2.31. The van der Waals surface area contributed by atoms with Gasteiger partial charge in [0.2, 0.25) is 0 Å². The topological polar surface area (TPSA) is 99.9 Å². The Morgan fingerprint density at radius 2 is 2.18 bits per heavy atom. The SMILES string of the molecule is N[C@@H]1c2ccccc2C[C@H]1NC(=O)C1=CN(c2ncnc3[nH]ccc23)CCS1. The van der Waals surface area contributed by atoms with E-state index < -0.39 is 0 Å². The van der Waals surface area contributed by atoms with E-state index in [0.29, 0.717) is 4.91 Å². The summed E-state index contributed by atoms with van der Waals surface area (Å²) < 4.78 is 0. The molecule has 1 amide bonds. The van der Waals surface area contributed by atoms with Crippen molar-refractivity contribution in [2.24, 2.45) is 5.73 Å². The Kier molecular flexibility index (Phi) is 4.29. The second-order valence-corrected chi connectivity index (χ2v) is 8.12. The second-order valence-electron chi connectivity index (χ2n) is 6.98. The molecule has 2 aliphatic rings. The van der Waals surface area contributed by atoms with Gasteiger partial charge in [0.05, 0.1) is 22.4 Å². The van der Waals surface area contributed by atoms with Crippen LogP contribution in [0.4, 0.5) is 5.82 Å². The van der Waals surface area contributed by atoms with E-state index in [4.69, 9.17) is 5.73 Å². The Balaban J connectivity index is 1.36. The molecule has 142 valence electrons. The summed E-state index contributed by atoms with van der Waals surface area (Å²) in [5.41, 5.74) is 9.49. The van der Waals surface area contributed by atoms with Gasteiger partial charge in [-0.3, -0.25) is 4.79 Å². The largest absolute Gasteiger partial charge is 0.347 e. The number of aromatic amines is 1. The number of hydrogen-bond donors (Lipinski definition) is 3. The average molecular weight is 392 g/mol. The normalized spacial score (nSPS) is 21.5. The quantitative estimate of drug-likeness (QED) is 0.631. The number of rotatable bonds is 3. The van der Waals surface area contributed by atoms with Crippen molar-refractivity contribution in [3.63, 3.8) is 0 Å². The Morgan fingerprint density at radius 1 is 1.29 bits per heavy atom. The van der Waals surface area contributed by atoms with Crippen LogP contribution in [-0.2, 0) is 11.2 Å². The monoisotopic (exact) mass is 392 g/mol. The van der Waals surface area contributed by atoms with E-state index in [1.807, 2.05) is 41.6 Å². The van der Waals surface area contributed by atoms with Gasteiger partial charge in [-0.1, -0.05) is 24.3 Å². The van der Waals surface area contributed by atoms with Gasteiger partial charge in [0, 0.05) is 24.7 Å². The number of fused-ring (bicyclic) bond motifs is 2. The predicted octanol–water partition coefficient (Wildman–Crippen LogP) is 2.09. The zero-order valence-corrected chi connectivity index (χ0v) is 15.9. The van der Waals surface area contributed by atoms with E-state index in [-0.39, 0.29) is 18.0 Å². The van der Waals surface area contributed by atoms with Crippen molar-refractivity contribution < 1.29 is 4.79 Å². The fraction of sp³-hybridized carbons (Fsp3) is 0.250. The minimum Gasteiger partial charge on any atom is -0.347 e. The van der Waals surface area contributed by atoms with Crippen LogP contribution in [0, 0.1) is 0 Å². The van der Waals surface area contributed by atoms with Crippen LogP contribution < -0.4 is 16.0 Å². The van der Waals surface area contributed by atoms with Crippen molar-refractivity contribution in [2.75, 3.05) is 17.2 Å². The molecule has 0 bridgehead atoms. The van der Waals surface area contributed by atoms with Gasteiger partial charge in [0.25, 0.3) is 5.91 Å². The lowest BCUT2D eigenvalue weighted by Gasteiger charge is -2.26. The fourth-order valence-corrected chi connectivity index (χ4v) is 4.78. The van der Waals surface area contributed by atoms with Crippen molar-refractivity contribution in [2.45, 2.75) is 18.5 Å². The number of benzene rings is 1. The third kappa shape index (κ3) is 2.94. The van der Waals surface area contributed by atoms with Crippen LogP contribution in [0.3, 0.4) is 0 Å². The summed E-state index contributed by atoms with van der Waals surface area (Å²) in [4.78, 5) is 27.4. The lowest BCUT2D eigenvalue weighted by Crippen LogP contribution is -2.42. The molecule has 2 aromatic heterocycles. The number of thioether (sulfide) groups is 1. The molecule has 0 fully saturated rings. The minimum absolute atomic E-state index is 0.0812. The zero-order chi connectivity index (χ0) is 19.1. The number of H-pyrrole nitrogens is 1. The van der Waals surface area contributed by atoms with Crippen LogP contribution in [0.2, 0.25) is 0 Å². The first-order valence-corrected chi connectivity index (χ1v) is 10.2. The van der Waals surface area contributed by atoms with E-state index in [1.54, 1.807) is 11.8 Å². The fourth-order valence-electron chi connectivity index (χ4n) is 3.88. The van der Waals surface area contributed by atoms with Gasteiger partial charge in [-0.25, -0.2) is 9.97 Å². The molecule has 2 atom stereocenters. The number of amides is 1. The van der Waals surface area contributed by atoms with Gasteiger partial charge in [0.1, 0.15) is 17.8 Å². The second kappa shape index (κ2) is 6.96. The first-order chi connectivity index (χ1) is 13.7. The van der Waals surface area contributed by atoms with E-state index in [1.165, 1.54) is 11.9 Å². The number of aromatic nitrogens is 3. The van der Waals surface area contributed by atoms with E-state index in [9.17, 15) is 4.79 Å². The number of nitrogens with one attached hydrogen (secondary N) is 2.